The second kappa shape index (κ2) is 4.07. The third-order valence-electron chi connectivity index (χ3n) is 2.67. The maximum Gasteiger partial charge on any atom is 0.179 e. The van der Waals surface area contributed by atoms with E-state index < -0.39 is 9.84 Å². The van der Waals surface area contributed by atoms with Crippen LogP contribution in [0.4, 0.5) is 0 Å². The van der Waals surface area contributed by atoms with Crippen molar-refractivity contribution in [2.24, 2.45) is 5.73 Å². The molecule has 2 rings (SSSR count). The fourth-order valence-electron chi connectivity index (χ4n) is 1.74. The second-order valence-electron chi connectivity index (χ2n) is 4.19. The van der Waals surface area contributed by atoms with Gasteiger partial charge >= 0.3 is 0 Å². The molecule has 0 aliphatic heterocycles. The number of ether oxygens (including phenoxy) is 1. The van der Waals surface area contributed by atoms with E-state index in [0.29, 0.717) is 5.75 Å². The maximum absolute atomic E-state index is 11.5. The summed E-state index contributed by atoms with van der Waals surface area (Å²) in [5, 5.41) is 0. The fourth-order valence-corrected chi connectivity index (χ4v) is 2.54. The Labute approximate surface area is 95.3 Å². The van der Waals surface area contributed by atoms with Gasteiger partial charge in [0.15, 0.2) is 9.84 Å². The first-order valence-corrected chi connectivity index (χ1v) is 7.07. The highest BCUT2D eigenvalue weighted by atomic mass is 32.2. The predicted octanol–water partition coefficient (Wildman–Crippen LogP) is 0.959. The van der Waals surface area contributed by atoms with Gasteiger partial charge in [0.05, 0.1) is 0 Å². The van der Waals surface area contributed by atoms with Crippen LogP contribution in [0.3, 0.4) is 0 Å². The van der Waals surface area contributed by atoms with Crippen LogP contribution in [0.1, 0.15) is 12.8 Å². The Morgan fingerprint density at radius 3 is 2.50 bits per heavy atom. The minimum Gasteiger partial charge on any atom is -0.489 e. The molecule has 4 nitrogen and oxygen atoms in total. The van der Waals surface area contributed by atoms with Crippen LogP contribution in [-0.4, -0.2) is 26.8 Å². The molecule has 0 saturated heterocycles. The maximum atomic E-state index is 11.5. The lowest BCUT2D eigenvalue weighted by Gasteiger charge is -2.33. The number of hydrogen-bond acceptors (Lipinski definition) is 4. The van der Waals surface area contributed by atoms with Crippen LogP contribution in [0.15, 0.2) is 29.2 Å². The largest absolute Gasteiger partial charge is 0.489 e. The van der Waals surface area contributed by atoms with Crippen molar-refractivity contribution in [1.29, 1.82) is 0 Å². The standard InChI is InChI=1S/C11H15NO3S/c1-16(13,14)11-5-3-2-4-10(11)15-9-6-8(12)7-9/h2-5,8-9H,6-7,12H2,1H3. The lowest BCUT2D eigenvalue weighted by molar-refractivity contribution is 0.0977. The van der Waals surface area contributed by atoms with Gasteiger partial charge in [0.2, 0.25) is 0 Å². The Morgan fingerprint density at radius 1 is 1.31 bits per heavy atom. The zero-order chi connectivity index (χ0) is 11.8. The number of nitrogens with two attached hydrogens (primary N) is 1. The van der Waals surface area contributed by atoms with Gasteiger partial charge in [0.1, 0.15) is 16.7 Å². The number of para-hydroxylation sites is 1. The average molecular weight is 241 g/mol. The average Bonchev–Trinajstić information content (AvgIpc) is 2.14. The molecule has 5 heteroatoms. The molecule has 0 radical (unpaired) electrons. The van der Waals surface area contributed by atoms with Gasteiger partial charge in [-0.25, -0.2) is 8.42 Å². The van der Waals surface area contributed by atoms with Crippen molar-refractivity contribution >= 4 is 9.84 Å². The Bertz CT molecular complexity index is 478. The minimum atomic E-state index is -3.23. The van der Waals surface area contributed by atoms with E-state index in [1.54, 1.807) is 24.3 Å². The third kappa shape index (κ3) is 2.36. The molecule has 1 aromatic rings. The van der Waals surface area contributed by atoms with Gasteiger partial charge in [-0.2, -0.15) is 0 Å². The zero-order valence-corrected chi connectivity index (χ0v) is 9.91. The summed E-state index contributed by atoms with van der Waals surface area (Å²) >= 11 is 0. The van der Waals surface area contributed by atoms with E-state index >= 15 is 0 Å². The topological polar surface area (TPSA) is 69.4 Å². The SMILES string of the molecule is CS(=O)(=O)c1ccccc1OC1CC(N)C1. The molecule has 0 spiro atoms. The van der Waals surface area contributed by atoms with Gasteiger partial charge < -0.3 is 10.5 Å². The van der Waals surface area contributed by atoms with Gasteiger partial charge in [0.25, 0.3) is 0 Å². The molecule has 0 heterocycles. The molecular formula is C11H15NO3S. The van der Waals surface area contributed by atoms with Gasteiger partial charge in [-0.05, 0) is 25.0 Å². The highest BCUT2D eigenvalue weighted by Crippen LogP contribution is 2.29. The summed E-state index contributed by atoms with van der Waals surface area (Å²) in [6.07, 6.45) is 2.82. The van der Waals surface area contributed by atoms with E-state index in [9.17, 15) is 8.42 Å². The Hall–Kier alpha value is -1.07. The van der Waals surface area contributed by atoms with E-state index in [1.807, 2.05) is 0 Å². The molecule has 88 valence electrons. The van der Waals surface area contributed by atoms with E-state index in [-0.39, 0.29) is 17.0 Å². The summed E-state index contributed by atoms with van der Waals surface area (Å²) in [6, 6.07) is 6.89. The molecule has 0 aromatic heterocycles. The fraction of sp³-hybridized carbons (Fsp3) is 0.455. The van der Waals surface area contributed by atoms with E-state index in [4.69, 9.17) is 10.5 Å². The summed E-state index contributed by atoms with van der Waals surface area (Å²) in [4.78, 5) is 0.246. The number of rotatable bonds is 3. The number of benzene rings is 1. The van der Waals surface area contributed by atoms with Crippen LogP contribution < -0.4 is 10.5 Å². The van der Waals surface area contributed by atoms with Gasteiger partial charge in [-0.1, -0.05) is 12.1 Å². The monoisotopic (exact) mass is 241 g/mol. The van der Waals surface area contributed by atoms with Crippen LogP contribution in [-0.2, 0) is 9.84 Å². The van der Waals surface area contributed by atoms with Crippen LogP contribution in [0.25, 0.3) is 0 Å². The Morgan fingerprint density at radius 2 is 1.94 bits per heavy atom. The molecule has 1 saturated carbocycles. The summed E-state index contributed by atoms with van der Waals surface area (Å²) in [5.41, 5.74) is 5.65. The molecule has 16 heavy (non-hydrogen) atoms. The van der Waals surface area contributed by atoms with Crippen LogP contribution in [0.5, 0.6) is 5.75 Å². The van der Waals surface area contributed by atoms with E-state index in [2.05, 4.69) is 0 Å². The first-order chi connectivity index (χ1) is 7.47. The van der Waals surface area contributed by atoms with Gasteiger partial charge in [-0.15, -0.1) is 0 Å². The Kier molecular flexibility index (Phi) is 2.90. The number of hydrogen-bond donors (Lipinski definition) is 1. The molecule has 0 unspecified atom stereocenters. The highest BCUT2D eigenvalue weighted by molar-refractivity contribution is 7.90. The molecule has 0 atom stereocenters. The summed E-state index contributed by atoms with van der Waals surface area (Å²) < 4.78 is 28.6. The van der Waals surface area contributed by atoms with Crippen molar-refractivity contribution in [3.63, 3.8) is 0 Å². The molecule has 1 fully saturated rings. The lowest BCUT2D eigenvalue weighted by atomic mass is 9.90. The first-order valence-electron chi connectivity index (χ1n) is 5.18. The Balaban J connectivity index is 2.21. The van der Waals surface area contributed by atoms with Crippen molar-refractivity contribution < 1.29 is 13.2 Å². The predicted molar refractivity (Wildman–Crippen MR) is 61.2 cm³/mol. The quantitative estimate of drug-likeness (QED) is 0.855. The molecule has 2 N–H and O–H groups in total. The first kappa shape index (κ1) is 11.4. The van der Waals surface area contributed by atoms with Crippen molar-refractivity contribution in [3.8, 4) is 5.75 Å². The smallest absolute Gasteiger partial charge is 0.179 e. The van der Waals surface area contributed by atoms with Gasteiger partial charge in [-0.3, -0.25) is 0 Å². The van der Waals surface area contributed by atoms with Crippen molar-refractivity contribution in [2.45, 2.75) is 29.9 Å². The zero-order valence-electron chi connectivity index (χ0n) is 9.09. The normalized spacial score (nSPS) is 24.9. The van der Waals surface area contributed by atoms with Crippen LogP contribution in [0.2, 0.25) is 0 Å². The summed E-state index contributed by atoms with van der Waals surface area (Å²) in [7, 11) is -3.23. The molecule has 1 aromatic carbocycles. The van der Waals surface area contributed by atoms with E-state index in [1.165, 1.54) is 6.26 Å². The summed E-state index contributed by atoms with van der Waals surface area (Å²) in [6.45, 7) is 0. The van der Waals surface area contributed by atoms with Crippen LogP contribution >= 0.6 is 0 Å². The van der Waals surface area contributed by atoms with Crippen molar-refractivity contribution in [3.05, 3.63) is 24.3 Å². The second-order valence-corrected chi connectivity index (χ2v) is 6.17. The van der Waals surface area contributed by atoms with Gasteiger partial charge in [0, 0.05) is 12.3 Å². The summed E-state index contributed by atoms with van der Waals surface area (Å²) in [5.74, 6) is 0.432. The lowest BCUT2D eigenvalue weighted by Crippen LogP contribution is -2.43. The van der Waals surface area contributed by atoms with Crippen molar-refractivity contribution in [1.82, 2.24) is 0 Å². The molecular weight excluding hydrogens is 226 g/mol. The highest BCUT2D eigenvalue weighted by Gasteiger charge is 2.28. The van der Waals surface area contributed by atoms with Crippen molar-refractivity contribution in [2.75, 3.05) is 6.26 Å². The molecule has 0 amide bonds. The minimum absolute atomic E-state index is 0.0536. The molecule has 1 aliphatic rings. The van der Waals surface area contributed by atoms with Crippen LogP contribution in [0, 0.1) is 0 Å². The number of sulfone groups is 1. The third-order valence-corrected chi connectivity index (χ3v) is 3.81. The molecule has 0 bridgehead atoms. The molecule has 1 aliphatic carbocycles. The van der Waals surface area contributed by atoms with E-state index in [0.717, 1.165) is 12.8 Å².